The van der Waals surface area contributed by atoms with Gasteiger partial charge in [-0.05, 0) is 57.8 Å². The molecule has 1 saturated heterocycles. The molecule has 0 aromatic heterocycles. The summed E-state index contributed by atoms with van der Waals surface area (Å²) in [7, 11) is 0. The van der Waals surface area contributed by atoms with Gasteiger partial charge in [-0.15, -0.1) is 0 Å². The summed E-state index contributed by atoms with van der Waals surface area (Å²) < 4.78 is 11.2. The molecule has 6 N–H and O–H groups in total. The van der Waals surface area contributed by atoms with E-state index < -0.39 is 49.5 Å². The molecule has 1 fully saturated rings. The standard InChI is InChI=1S/C49H91NO8/c1-3-5-7-9-11-13-15-17-18-19-20-21-22-23-24-25-26-27-29-31-33-35-37-39-45(53)50-42(41-57-49-48(56)47(55)46(54)44(40-51)58-49)43(52)38-36-34-32-30-28-16-14-12-10-8-6-4-2/h17-18,28,30,36,38,42-44,46-49,51-52,54-56H,3-16,19-27,29,31-35,37,39-41H2,1-2H3,(H,50,53)/b18-17+,30-28+,38-36+/t42-,43+,44-,46-,47?,48?,49-/m0/s1. The van der Waals surface area contributed by atoms with Gasteiger partial charge in [0.05, 0.1) is 25.4 Å². The Morgan fingerprint density at radius 1 is 0.569 bits per heavy atom. The summed E-state index contributed by atoms with van der Waals surface area (Å²) in [5.74, 6) is -0.188. The van der Waals surface area contributed by atoms with Gasteiger partial charge < -0.3 is 40.3 Å². The summed E-state index contributed by atoms with van der Waals surface area (Å²) in [6.45, 7) is 3.74. The van der Waals surface area contributed by atoms with Gasteiger partial charge >= 0.3 is 0 Å². The molecule has 1 aliphatic rings. The van der Waals surface area contributed by atoms with Crippen molar-refractivity contribution in [2.75, 3.05) is 13.2 Å². The molecule has 0 spiro atoms. The van der Waals surface area contributed by atoms with Gasteiger partial charge in [0.1, 0.15) is 24.4 Å². The molecule has 1 heterocycles. The molecule has 0 radical (unpaired) electrons. The highest BCUT2D eigenvalue weighted by atomic mass is 16.7. The predicted molar refractivity (Wildman–Crippen MR) is 240 cm³/mol. The number of amides is 1. The van der Waals surface area contributed by atoms with Crippen molar-refractivity contribution < 1.29 is 39.8 Å². The summed E-state index contributed by atoms with van der Waals surface area (Å²) >= 11 is 0. The van der Waals surface area contributed by atoms with Crippen LogP contribution in [0.4, 0.5) is 0 Å². The van der Waals surface area contributed by atoms with Gasteiger partial charge in [0, 0.05) is 6.42 Å². The smallest absolute Gasteiger partial charge is 0.220 e. The third kappa shape index (κ3) is 29.6. The molecule has 2 unspecified atom stereocenters. The monoisotopic (exact) mass is 822 g/mol. The molecule has 1 amide bonds. The number of carbonyl (C=O) groups is 1. The fourth-order valence-electron chi connectivity index (χ4n) is 7.52. The van der Waals surface area contributed by atoms with Gasteiger partial charge in [-0.3, -0.25) is 4.79 Å². The van der Waals surface area contributed by atoms with E-state index >= 15 is 0 Å². The van der Waals surface area contributed by atoms with Crippen LogP contribution < -0.4 is 5.32 Å². The minimum Gasteiger partial charge on any atom is -0.394 e. The number of carbonyl (C=O) groups excluding carboxylic acids is 1. The molecule has 0 aromatic carbocycles. The summed E-state index contributed by atoms with van der Waals surface area (Å²) in [5, 5.41) is 54.1. The average molecular weight is 822 g/mol. The van der Waals surface area contributed by atoms with Gasteiger partial charge in [0.2, 0.25) is 5.91 Å². The van der Waals surface area contributed by atoms with Crippen LogP contribution in [0.25, 0.3) is 0 Å². The molecular formula is C49H91NO8. The van der Waals surface area contributed by atoms with E-state index in [0.717, 1.165) is 38.5 Å². The fraction of sp³-hybridized carbons (Fsp3) is 0.857. The number of rotatable bonds is 40. The van der Waals surface area contributed by atoms with E-state index in [1.165, 1.54) is 154 Å². The van der Waals surface area contributed by atoms with Gasteiger partial charge in [0.25, 0.3) is 0 Å². The number of ether oxygens (including phenoxy) is 2. The summed E-state index contributed by atoms with van der Waals surface area (Å²) in [6.07, 6.45) is 42.0. The van der Waals surface area contributed by atoms with Crippen LogP contribution in [-0.4, -0.2) is 87.5 Å². The lowest BCUT2D eigenvalue weighted by molar-refractivity contribution is -0.302. The number of nitrogens with one attached hydrogen (secondary N) is 1. The number of aliphatic hydroxyl groups is 5. The highest BCUT2D eigenvalue weighted by molar-refractivity contribution is 5.76. The van der Waals surface area contributed by atoms with Crippen molar-refractivity contribution in [3.05, 3.63) is 36.5 Å². The molecule has 0 aliphatic carbocycles. The minimum absolute atomic E-state index is 0.188. The van der Waals surface area contributed by atoms with Crippen molar-refractivity contribution in [2.45, 2.75) is 256 Å². The topological polar surface area (TPSA) is 149 Å². The lowest BCUT2D eigenvalue weighted by Crippen LogP contribution is -2.60. The largest absolute Gasteiger partial charge is 0.394 e. The second-order valence-electron chi connectivity index (χ2n) is 16.9. The normalized spacial score (nSPS) is 21.1. The molecule has 58 heavy (non-hydrogen) atoms. The van der Waals surface area contributed by atoms with Crippen LogP contribution in [-0.2, 0) is 14.3 Å². The average Bonchev–Trinajstić information content (AvgIpc) is 3.22. The first-order valence-electron chi connectivity index (χ1n) is 24.2. The first kappa shape index (κ1) is 54.4. The summed E-state index contributed by atoms with van der Waals surface area (Å²) in [6, 6.07) is -0.818. The van der Waals surface area contributed by atoms with Crippen molar-refractivity contribution >= 4 is 5.91 Å². The van der Waals surface area contributed by atoms with Crippen LogP contribution in [0.1, 0.15) is 213 Å². The molecule has 340 valence electrons. The number of hydrogen-bond acceptors (Lipinski definition) is 8. The van der Waals surface area contributed by atoms with E-state index in [0.29, 0.717) is 6.42 Å². The zero-order valence-corrected chi connectivity index (χ0v) is 37.3. The number of allylic oxidation sites excluding steroid dienone is 5. The van der Waals surface area contributed by atoms with Crippen molar-refractivity contribution in [2.24, 2.45) is 0 Å². The van der Waals surface area contributed by atoms with E-state index in [4.69, 9.17) is 9.47 Å². The van der Waals surface area contributed by atoms with E-state index in [9.17, 15) is 30.3 Å². The SMILES string of the molecule is CCCCCCCC/C=C/CC/C=C/[C@@H](O)[C@H](CO[C@H]1O[C@@H](CO)[C@H](O)C(O)C1O)NC(=O)CCCCCCCCCCCCCCC/C=C/CCCCCCCC. The zero-order valence-electron chi connectivity index (χ0n) is 37.3. The lowest BCUT2D eigenvalue weighted by Gasteiger charge is -2.40. The fourth-order valence-corrected chi connectivity index (χ4v) is 7.52. The lowest BCUT2D eigenvalue weighted by atomic mass is 9.99. The number of aliphatic hydroxyl groups excluding tert-OH is 5. The zero-order chi connectivity index (χ0) is 42.3. The minimum atomic E-state index is -1.57. The maximum absolute atomic E-state index is 13.0. The molecule has 9 nitrogen and oxygen atoms in total. The van der Waals surface area contributed by atoms with E-state index in [2.05, 4.69) is 43.5 Å². The van der Waals surface area contributed by atoms with Crippen LogP contribution in [0.2, 0.25) is 0 Å². The van der Waals surface area contributed by atoms with Gasteiger partial charge in [-0.25, -0.2) is 0 Å². The second-order valence-corrected chi connectivity index (χ2v) is 16.9. The Morgan fingerprint density at radius 2 is 0.983 bits per heavy atom. The summed E-state index contributed by atoms with van der Waals surface area (Å²) in [5.41, 5.74) is 0. The van der Waals surface area contributed by atoms with E-state index in [1.54, 1.807) is 6.08 Å². The third-order valence-electron chi connectivity index (χ3n) is 11.4. The second kappa shape index (κ2) is 39.5. The molecule has 1 aliphatic heterocycles. The van der Waals surface area contributed by atoms with Crippen LogP contribution in [0.5, 0.6) is 0 Å². The summed E-state index contributed by atoms with van der Waals surface area (Å²) in [4.78, 5) is 13.0. The van der Waals surface area contributed by atoms with Crippen LogP contribution in [0.15, 0.2) is 36.5 Å². The number of hydrogen-bond donors (Lipinski definition) is 6. The Hall–Kier alpha value is -1.59. The van der Waals surface area contributed by atoms with Crippen molar-refractivity contribution in [3.63, 3.8) is 0 Å². The van der Waals surface area contributed by atoms with Crippen molar-refractivity contribution in [1.82, 2.24) is 5.32 Å². The molecule has 7 atom stereocenters. The van der Waals surface area contributed by atoms with Gasteiger partial charge in [0.15, 0.2) is 6.29 Å². The van der Waals surface area contributed by atoms with Crippen molar-refractivity contribution in [3.8, 4) is 0 Å². The molecular weight excluding hydrogens is 731 g/mol. The Morgan fingerprint density at radius 3 is 1.45 bits per heavy atom. The maximum Gasteiger partial charge on any atom is 0.220 e. The van der Waals surface area contributed by atoms with E-state index in [-0.39, 0.29) is 12.5 Å². The predicted octanol–water partition coefficient (Wildman–Crippen LogP) is 10.5. The third-order valence-corrected chi connectivity index (χ3v) is 11.4. The maximum atomic E-state index is 13.0. The first-order chi connectivity index (χ1) is 28.3. The van der Waals surface area contributed by atoms with Gasteiger partial charge in [-0.2, -0.15) is 0 Å². The van der Waals surface area contributed by atoms with Crippen molar-refractivity contribution in [1.29, 1.82) is 0 Å². The van der Waals surface area contributed by atoms with Crippen LogP contribution in [0, 0.1) is 0 Å². The molecule has 1 rings (SSSR count). The van der Waals surface area contributed by atoms with E-state index in [1.807, 2.05) is 6.08 Å². The molecule has 0 aromatic rings. The molecule has 9 heteroatoms. The highest BCUT2D eigenvalue weighted by Gasteiger charge is 2.44. The van der Waals surface area contributed by atoms with Crippen LogP contribution >= 0.6 is 0 Å². The Balaban J connectivity index is 2.27. The molecule has 0 saturated carbocycles. The van der Waals surface area contributed by atoms with Crippen LogP contribution in [0.3, 0.4) is 0 Å². The molecule has 0 bridgehead atoms. The van der Waals surface area contributed by atoms with Gasteiger partial charge in [-0.1, -0.05) is 185 Å². The quantitative estimate of drug-likeness (QED) is 0.0264. The Bertz CT molecular complexity index is 1000. The highest BCUT2D eigenvalue weighted by Crippen LogP contribution is 2.22. The Kier molecular flexibility index (Phi) is 37.1. The first-order valence-corrected chi connectivity index (χ1v) is 24.2. The Labute approximate surface area is 355 Å². The number of unbranched alkanes of at least 4 members (excludes halogenated alkanes) is 26.